The van der Waals surface area contributed by atoms with Crippen LogP contribution in [-0.4, -0.2) is 30.2 Å². The van der Waals surface area contributed by atoms with E-state index in [1.807, 2.05) is 6.92 Å². The third-order valence-corrected chi connectivity index (χ3v) is 4.80. The van der Waals surface area contributed by atoms with Gasteiger partial charge >= 0.3 is 10.3 Å². The Morgan fingerprint density at radius 3 is 2.50 bits per heavy atom. The van der Waals surface area contributed by atoms with Crippen molar-refractivity contribution >= 4 is 16.0 Å². The van der Waals surface area contributed by atoms with Gasteiger partial charge in [-0.3, -0.25) is 10.1 Å². The Morgan fingerprint density at radius 1 is 1.30 bits per heavy atom. The number of nitrogens with zero attached hydrogens (tertiary/aromatic N) is 2. The maximum absolute atomic E-state index is 12.2. The van der Waals surface area contributed by atoms with Crippen molar-refractivity contribution in [2.24, 2.45) is 0 Å². The van der Waals surface area contributed by atoms with Crippen LogP contribution in [0.3, 0.4) is 0 Å². The summed E-state index contributed by atoms with van der Waals surface area (Å²) in [5, 5.41) is 10.5. The van der Waals surface area contributed by atoms with E-state index < -0.39 is 15.2 Å². The van der Waals surface area contributed by atoms with Gasteiger partial charge in [-0.15, -0.1) is 0 Å². The molecule has 1 aliphatic heterocycles. The SMILES string of the molecule is C[C@@H]1CCCCN1S(=O)(=O)Oc1ccc([N+](=O)[O-])cc1. The minimum absolute atomic E-state index is 0.0772. The molecule has 1 atom stereocenters. The lowest BCUT2D eigenvalue weighted by atomic mass is 10.1. The zero-order valence-corrected chi connectivity index (χ0v) is 11.9. The van der Waals surface area contributed by atoms with Gasteiger partial charge in [0.2, 0.25) is 0 Å². The van der Waals surface area contributed by atoms with Gasteiger partial charge in [0.25, 0.3) is 5.69 Å². The summed E-state index contributed by atoms with van der Waals surface area (Å²) in [5.74, 6) is 0.0772. The van der Waals surface area contributed by atoms with Crippen molar-refractivity contribution in [3.63, 3.8) is 0 Å². The first kappa shape index (κ1) is 14.7. The van der Waals surface area contributed by atoms with Crippen LogP contribution in [0.2, 0.25) is 0 Å². The Bertz CT molecular complexity index is 584. The van der Waals surface area contributed by atoms with E-state index in [1.165, 1.54) is 28.6 Å². The van der Waals surface area contributed by atoms with Crippen LogP contribution in [0, 0.1) is 10.1 Å². The summed E-state index contributed by atoms with van der Waals surface area (Å²) in [6.45, 7) is 2.28. The highest BCUT2D eigenvalue weighted by atomic mass is 32.2. The number of hydrogen-bond acceptors (Lipinski definition) is 5. The molecule has 0 amide bonds. The van der Waals surface area contributed by atoms with Crippen LogP contribution in [0.25, 0.3) is 0 Å². The van der Waals surface area contributed by atoms with Crippen molar-refractivity contribution < 1.29 is 17.5 Å². The molecule has 0 spiro atoms. The van der Waals surface area contributed by atoms with Crippen LogP contribution in [0.15, 0.2) is 24.3 Å². The van der Waals surface area contributed by atoms with E-state index in [0.717, 1.165) is 19.3 Å². The number of non-ortho nitro benzene ring substituents is 1. The van der Waals surface area contributed by atoms with Gasteiger partial charge in [0.05, 0.1) is 4.92 Å². The van der Waals surface area contributed by atoms with Gasteiger partial charge in [0.15, 0.2) is 0 Å². The fourth-order valence-corrected chi connectivity index (χ4v) is 3.55. The minimum atomic E-state index is -3.86. The molecular weight excluding hydrogens is 284 g/mol. The number of nitro groups is 1. The molecule has 0 unspecified atom stereocenters. The van der Waals surface area contributed by atoms with Crippen molar-refractivity contribution in [2.75, 3.05) is 6.54 Å². The maximum Gasteiger partial charge on any atom is 0.385 e. The molecule has 0 aromatic heterocycles. The van der Waals surface area contributed by atoms with Crippen LogP contribution in [-0.2, 0) is 10.3 Å². The Hall–Kier alpha value is -1.67. The molecular formula is C12H16N2O5S. The largest absolute Gasteiger partial charge is 0.385 e. The molecule has 0 bridgehead atoms. The fraction of sp³-hybridized carbons (Fsp3) is 0.500. The summed E-state index contributed by atoms with van der Waals surface area (Å²) < 4.78 is 30.7. The van der Waals surface area contributed by atoms with E-state index in [2.05, 4.69) is 0 Å². The molecule has 1 heterocycles. The second-order valence-corrected chi connectivity index (χ2v) is 6.24. The predicted octanol–water partition coefficient (Wildman–Crippen LogP) is 2.09. The summed E-state index contributed by atoms with van der Waals surface area (Å²) in [6.07, 6.45) is 2.63. The third kappa shape index (κ3) is 3.26. The van der Waals surface area contributed by atoms with Gasteiger partial charge < -0.3 is 4.18 Å². The molecule has 1 aliphatic rings. The van der Waals surface area contributed by atoms with E-state index in [4.69, 9.17) is 4.18 Å². The molecule has 8 heteroatoms. The first-order valence-electron chi connectivity index (χ1n) is 6.36. The van der Waals surface area contributed by atoms with Crippen molar-refractivity contribution in [3.8, 4) is 5.75 Å². The fourth-order valence-electron chi connectivity index (χ4n) is 2.20. The number of benzene rings is 1. The molecule has 0 radical (unpaired) electrons. The lowest BCUT2D eigenvalue weighted by Crippen LogP contribution is -2.44. The highest BCUT2D eigenvalue weighted by Gasteiger charge is 2.31. The predicted molar refractivity (Wildman–Crippen MR) is 72.7 cm³/mol. The number of hydrogen-bond donors (Lipinski definition) is 0. The van der Waals surface area contributed by atoms with Crippen LogP contribution < -0.4 is 4.18 Å². The highest BCUT2D eigenvalue weighted by Crippen LogP contribution is 2.24. The number of nitro benzene ring substituents is 1. The molecule has 2 rings (SSSR count). The normalized spacial score (nSPS) is 20.6. The van der Waals surface area contributed by atoms with E-state index in [1.54, 1.807) is 0 Å². The summed E-state index contributed by atoms with van der Waals surface area (Å²) in [6, 6.07) is 4.90. The second-order valence-electron chi connectivity index (χ2n) is 4.75. The van der Waals surface area contributed by atoms with Crippen molar-refractivity contribution in [3.05, 3.63) is 34.4 Å². The maximum atomic E-state index is 12.2. The number of rotatable bonds is 4. The van der Waals surface area contributed by atoms with Gasteiger partial charge in [-0.25, -0.2) is 0 Å². The molecule has 0 N–H and O–H groups in total. The first-order valence-corrected chi connectivity index (χ1v) is 7.72. The zero-order chi connectivity index (χ0) is 14.8. The molecule has 0 saturated carbocycles. The van der Waals surface area contributed by atoms with Crippen LogP contribution in [0.5, 0.6) is 5.75 Å². The molecule has 110 valence electrons. The highest BCUT2D eigenvalue weighted by molar-refractivity contribution is 7.84. The molecule has 1 aromatic carbocycles. The minimum Gasteiger partial charge on any atom is -0.371 e. The number of piperidine rings is 1. The van der Waals surface area contributed by atoms with Gasteiger partial charge in [-0.05, 0) is 31.9 Å². The monoisotopic (exact) mass is 300 g/mol. The summed E-state index contributed by atoms with van der Waals surface area (Å²) in [4.78, 5) is 9.98. The van der Waals surface area contributed by atoms with Gasteiger partial charge in [-0.1, -0.05) is 6.42 Å². The van der Waals surface area contributed by atoms with E-state index in [-0.39, 0.29) is 17.5 Å². The van der Waals surface area contributed by atoms with Crippen molar-refractivity contribution in [1.82, 2.24) is 4.31 Å². The zero-order valence-electron chi connectivity index (χ0n) is 11.1. The molecule has 7 nitrogen and oxygen atoms in total. The lowest BCUT2D eigenvalue weighted by Gasteiger charge is -2.31. The Labute approximate surface area is 117 Å². The van der Waals surface area contributed by atoms with Gasteiger partial charge in [0.1, 0.15) is 5.75 Å². The quantitative estimate of drug-likeness (QED) is 0.627. The third-order valence-electron chi connectivity index (χ3n) is 3.28. The van der Waals surface area contributed by atoms with Crippen LogP contribution in [0.1, 0.15) is 26.2 Å². The summed E-state index contributed by atoms with van der Waals surface area (Å²) >= 11 is 0. The van der Waals surface area contributed by atoms with Crippen LogP contribution in [0.4, 0.5) is 5.69 Å². The Morgan fingerprint density at radius 2 is 1.95 bits per heavy atom. The summed E-state index contributed by atoms with van der Waals surface area (Å²) in [7, 11) is -3.86. The molecule has 1 aromatic rings. The van der Waals surface area contributed by atoms with Crippen molar-refractivity contribution in [1.29, 1.82) is 0 Å². The smallest absolute Gasteiger partial charge is 0.371 e. The lowest BCUT2D eigenvalue weighted by molar-refractivity contribution is -0.384. The average Bonchev–Trinajstić information content (AvgIpc) is 2.39. The first-order chi connectivity index (χ1) is 9.40. The van der Waals surface area contributed by atoms with Gasteiger partial charge in [0, 0.05) is 24.7 Å². The van der Waals surface area contributed by atoms with E-state index in [0.29, 0.717) is 6.54 Å². The molecule has 1 fully saturated rings. The Balaban J connectivity index is 2.13. The van der Waals surface area contributed by atoms with E-state index in [9.17, 15) is 18.5 Å². The topological polar surface area (TPSA) is 89.8 Å². The summed E-state index contributed by atoms with van der Waals surface area (Å²) in [5.41, 5.74) is -0.110. The second kappa shape index (κ2) is 5.76. The Kier molecular flexibility index (Phi) is 4.24. The molecule has 1 saturated heterocycles. The van der Waals surface area contributed by atoms with Gasteiger partial charge in [-0.2, -0.15) is 12.7 Å². The molecule has 20 heavy (non-hydrogen) atoms. The van der Waals surface area contributed by atoms with E-state index >= 15 is 0 Å². The van der Waals surface area contributed by atoms with Crippen molar-refractivity contribution in [2.45, 2.75) is 32.2 Å². The average molecular weight is 300 g/mol. The standard InChI is InChI=1S/C12H16N2O5S/c1-10-4-2-3-9-13(10)20(17,18)19-12-7-5-11(6-8-12)14(15)16/h5-8,10H,2-4,9H2,1H3/t10-/m1/s1. The molecule has 0 aliphatic carbocycles. The van der Waals surface area contributed by atoms with Crippen LogP contribution >= 0.6 is 0 Å².